The highest BCUT2D eigenvalue weighted by Gasteiger charge is 2.34. The van der Waals surface area contributed by atoms with Crippen LogP contribution in [0.3, 0.4) is 0 Å². The number of benzene rings is 1. The third kappa shape index (κ3) is 2.71. The van der Waals surface area contributed by atoms with Crippen molar-refractivity contribution < 1.29 is 9.18 Å². The van der Waals surface area contributed by atoms with E-state index in [2.05, 4.69) is 15.7 Å². The lowest BCUT2D eigenvalue weighted by atomic mass is 9.99. The summed E-state index contributed by atoms with van der Waals surface area (Å²) in [5.41, 5.74) is 1.51. The van der Waals surface area contributed by atoms with Crippen LogP contribution in [0.5, 0.6) is 0 Å². The van der Waals surface area contributed by atoms with Crippen LogP contribution in [-0.2, 0) is 0 Å². The number of fused-ring (bicyclic) bond motifs is 2. The fourth-order valence-electron chi connectivity index (χ4n) is 3.94. The van der Waals surface area contributed by atoms with Gasteiger partial charge in [0, 0.05) is 18.1 Å². The van der Waals surface area contributed by atoms with Crippen molar-refractivity contribution in [1.82, 2.24) is 20.4 Å². The van der Waals surface area contributed by atoms with E-state index in [1.54, 1.807) is 25.1 Å². The molecule has 4 rings (SSSR count). The molecule has 3 heterocycles. The Morgan fingerprint density at radius 3 is 2.71 bits per heavy atom. The van der Waals surface area contributed by atoms with E-state index in [0.717, 1.165) is 12.8 Å². The van der Waals surface area contributed by atoms with Crippen molar-refractivity contribution in [2.75, 3.05) is 0 Å². The zero-order chi connectivity index (χ0) is 16.7. The van der Waals surface area contributed by atoms with Gasteiger partial charge < -0.3 is 10.6 Å². The summed E-state index contributed by atoms with van der Waals surface area (Å²) in [4.78, 5) is 12.6. The topological polar surface area (TPSA) is 59.0 Å². The Labute approximate surface area is 140 Å². The van der Waals surface area contributed by atoms with Gasteiger partial charge in [0.05, 0.1) is 17.5 Å². The van der Waals surface area contributed by atoms with E-state index >= 15 is 0 Å². The van der Waals surface area contributed by atoms with Gasteiger partial charge in [-0.2, -0.15) is 5.10 Å². The minimum atomic E-state index is -0.356. The average Bonchev–Trinajstić information content (AvgIpc) is 3.10. The van der Waals surface area contributed by atoms with Crippen LogP contribution in [0.25, 0.3) is 5.69 Å². The van der Waals surface area contributed by atoms with Gasteiger partial charge in [0.1, 0.15) is 11.5 Å². The number of piperidine rings is 1. The lowest BCUT2D eigenvalue weighted by Crippen LogP contribution is -2.48. The summed E-state index contributed by atoms with van der Waals surface area (Å²) in [6, 6.07) is 7.68. The summed E-state index contributed by atoms with van der Waals surface area (Å²) in [5.74, 6) is -0.480. The number of hydrogen-bond donors (Lipinski definition) is 2. The van der Waals surface area contributed by atoms with Crippen molar-refractivity contribution in [3.8, 4) is 5.69 Å². The molecule has 0 spiro atoms. The Morgan fingerprint density at radius 1 is 1.29 bits per heavy atom. The predicted octanol–water partition coefficient (Wildman–Crippen LogP) is 2.33. The molecule has 2 aliphatic heterocycles. The lowest BCUT2D eigenvalue weighted by Gasteiger charge is -2.29. The molecular formula is C18H21FN4O. The minimum Gasteiger partial charge on any atom is -0.349 e. The second-order valence-corrected chi connectivity index (χ2v) is 6.79. The molecular weight excluding hydrogens is 307 g/mol. The molecule has 5 nitrogen and oxygen atoms in total. The highest BCUT2D eigenvalue weighted by atomic mass is 19.1. The first-order valence-electron chi connectivity index (χ1n) is 8.48. The van der Waals surface area contributed by atoms with E-state index in [0.29, 0.717) is 29.0 Å². The van der Waals surface area contributed by atoms with Gasteiger partial charge >= 0.3 is 0 Å². The second kappa shape index (κ2) is 6.02. The molecule has 2 unspecified atom stereocenters. The van der Waals surface area contributed by atoms with Crippen LogP contribution in [0.15, 0.2) is 30.5 Å². The summed E-state index contributed by atoms with van der Waals surface area (Å²) in [5, 5.41) is 10.9. The van der Waals surface area contributed by atoms with Gasteiger partial charge in [-0.05, 0) is 44.7 Å². The van der Waals surface area contributed by atoms with Crippen LogP contribution in [-0.4, -0.2) is 33.8 Å². The molecule has 6 heteroatoms. The van der Waals surface area contributed by atoms with Crippen LogP contribution in [0.2, 0.25) is 0 Å². The Bertz CT molecular complexity index is 760. The predicted molar refractivity (Wildman–Crippen MR) is 88.7 cm³/mol. The van der Waals surface area contributed by atoms with Crippen molar-refractivity contribution in [1.29, 1.82) is 0 Å². The number of hydrogen-bond acceptors (Lipinski definition) is 3. The van der Waals surface area contributed by atoms with E-state index in [1.807, 2.05) is 0 Å². The smallest absolute Gasteiger partial charge is 0.254 e. The normalized spacial score (nSPS) is 25.7. The molecule has 1 aromatic heterocycles. The monoisotopic (exact) mass is 328 g/mol. The van der Waals surface area contributed by atoms with Gasteiger partial charge in [0.2, 0.25) is 0 Å². The molecule has 126 valence electrons. The summed E-state index contributed by atoms with van der Waals surface area (Å²) in [7, 11) is 0. The maximum atomic E-state index is 14.0. The second-order valence-electron chi connectivity index (χ2n) is 6.79. The lowest BCUT2D eigenvalue weighted by molar-refractivity contribution is 0.0923. The fraction of sp³-hybridized carbons (Fsp3) is 0.444. The molecule has 0 radical (unpaired) electrons. The molecule has 2 aliphatic rings. The van der Waals surface area contributed by atoms with Crippen LogP contribution < -0.4 is 10.6 Å². The Kier molecular flexibility index (Phi) is 3.84. The summed E-state index contributed by atoms with van der Waals surface area (Å²) in [6.45, 7) is 1.79. The van der Waals surface area contributed by atoms with Crippen LogP contribution in [0.4, 0.5) is 4.39 Å². The quantitative estimate of drug-likeness (QED) is 0.909. The first kappa shape index (κ1) is 15.3. The highest BCUT2D eigenvalue weighted by molar-refractivity contribution is 5.95. The van der Waals surface area contributed by atoms with Gasteiger partial charge in [-0.25, -0.2) is 9.07 Å². The van der Waals surface area contributed by atoms with Crippen LogP contribution >= 0.6 is 0 Å². The molecule has 0 saturated carbocycles. The first-order chi connectivity index (χ1) is 11.6. The minimum absolute atomic E-state index is 0.124. The number of carbonyl (C=O) groups is 1. The Balaban J connectivity index is 1.52. The van der Waals surface area contributed by atoms with Crippen LogP contribution in [0.1, 0.15) is 41.7 Å². The maximum Gasteiger partial charge on any atom is 0.254 e. The van der Waals surface area contributed by atoms with Crippen molar-refractivity contribution in [2.24, 2.45) is 0 Å². The van der Waals surface area contributed by atoms with Crippen molar-refractivity contribution in [3.63, 3.8) is 0 Å². The van der Waals surface area contributed by atoms with Crippen molar-refractivity contribution in [2.45, 2.75) is 50.7 Å². The fourth-order valence-corrected chi connectivity index (χ4v) is 3.94. The van der Waals surface area contributed by atoms with E-state index in [4.69, 9.17) is 0 Å². The van der Waals surface area contributed by atoms with Crippen LogP contribution in [0, 0.1) is 12.7 Å². The number of nitrogens with one attached hydrogen (secondary N) is 2. The van der Waals surface area contributed by atoms with E-state index in [1.165, 1.54) is 29.8 Å². The van der Waals surface area contributed by atoms with E-state index in [-0.39, 0.29) is 17.8 Å². The van der Waals surface area contributed by atoms with Gasteiger partial charge in [0.25, 0.3) is 5.91 Å². The third-order valence-corrected chi connectivity index (χ3v) is 5.14. The van der Waals surface area contributed by atoms with Gasteiger partial charge in [-0.1, -0.05) is 12.1 Å². The largest absolute Gasteiger partial charge is 0.349 e. The molecule has 2 saturated heterocycles. The number of carbonyl (C=O) groups excluding carboxylic acids is 1. The number of aromatic nitrogens is 2. The molecule has 1 aromatic carbocycles. The molecule has 2 atom stereocenters. The number of amides is 1. The SMILES string of the molecule is Cc1c(C(=O)NC2CC3CCC(C2)N3)cnn1-c1ccccc1F. The van der Waals surface area contributed by atoms with Crippen molar-refractivity contribution in [3.05, 3.63) is 47.5 Å². The number of nitrogens with zero attached hydrogens (tertiary/aromatic N) is 2. The highest BCUT2D eigenvalue weighted by Crippen LogP contribution is 2.27. The number of halogens is 1. The number of rotatable bonds is 3. The summed E-state index contributed by atoms with van der Waals surface area (Å²) in [6.07, 6.45) is 5.86. The molecule has 24 heavy (non-hydrogen) atoms. The average molecular weight is 328 g/mol. The first-order valence-corrected chi connectivity index (χ1v) is 8.48. The summed E-state index contributed by atoms with van der Waals surface area (Å²) < 4.78 is 15.4. The Morgan fingerprint density at radius 2 is 2.00 bits per heavy atom. The maximum absolute atomic E-state index is 14.0. The van der Waals surface area contributed by atoms with E-state index < -0.39 is 0 Å². The molecule has 1 amide bonds. The Hall–Kier alpha value is -2.21. The molecule has 2 N–H and O–H groups in total. The summed E-state index contributed by atoms with van der Waals surface area (Å²) >= 11 is 0. The van der Waals surface area contributed by atoms with Gasteiger partial charge in [0.15, 0.2) is 0 Å². The zero-order valence-electron chi connectivity index (χ0n) is 13.6. The third-order valence-electron chi connectivity index (χ3n) is 5.14. The molecule has 0 aliphatic carbocycles. The standard InChI is InChI=1S/C18H21FN4O/c1-11-15(10-20-23(11)17-5-3-2-4-16(17)19)18(24)22-14-8-12-6-7-13(9-14)21-12/h2-5,10,12-14,21H,6-9H2,1H3,(H,22,24). The van der Waals surface area contributed by atoms with Gasteiger partial charge in [-0.3, -0.25) is 4.79 Å². The zero-order valence-corrected chi connectivity index (χ0v) is 13.6. The molecule has 2 bridgehead atoms. The molecule has 2 fully saturated rings. The van der Waals surface area contributed by atoms with Gasteiger partial charge in [-0.15, -0.1) is 0 Å². The molecule has 2 aromatic rings. The number of para-hydroxylation sites is 1. The van der Waals surface area contributed by atoms with E-state index in [9.17, 15) is 9.18 Å². The van der Waals surface area contributed by atoms with Crippen molar-refractivity contribution >= 4 is 5.91 Å².